The molecule has 28 heavy (non-hydrogen) atoms. The first-order chi connectivity index (χ1) is 13.7. The van der Waals surface area contributed by atoms with Crippen LogP contribution >= 0.6 is 0 Å². The zero-order valence-electron chi connectivity index (χ0n) is 18.5. The molecule has 0 bridgehead atoms. The molecule has 0 amide bonds. The average Bonchev–Trinajstić information content (AvgIpc) is 3.16. The molecule has 2 heterocycles. The number of hydrogen-bond acceptors (Lipinski definition) is 3. The maximum absolute atomic E-state index is 5.90. The van der Waals surface area contributed by atoms with Gasteiger partial charge in [0, 0.05) is 0 Å². The van der Waals surface area contributed by atoms with E-state index >= 15 is 0 Å². The van der Waals surface area contributed by atoms with E-state index in [1.807, 2.05) is 6.33 Å². The molecule has 0 spiro atoms. The van der Waals surface area contributed by atoms with Crippen molar-refractivity contribution < 1.29 is 9.47 Å². The van der Waals surface area contributed by atoms with Gasteiger partial charge in [-0.2, -0.15) is 0 Å². The molecule has 4 nitrogen and oxygen atoms in total. The third kappa shape index (κ3) is 8.74. The Morgan fingerprint density at radius 1 is 1.11 bits per heavy atom. The zero-order valence-corrected chi connectivity index (χ0v) is 21.4. The van der Waals surface area contributed by atoms with Gasteiger partial charge in [0.1, 0.15) is 0 Å². The Morgan fingerprint density at radius 2 is 1.79 bits per heavy atom. The molecular weight excluding hydrogens is 455 g/mol. The van der Waals surface area contributed by atoms with E-state index in [1.54, 1.807) is 0 Å². The second-order valence-corrected chi connectivity index (χ2v) is 13.6. The van der Waals surface area contributed by atoms with Crippen molar-refractivity contribution in [2.75, 3.05) is 13.2 Å². The molecule has 0 saturated carbocycles. The summed E-state index contributed by atoms with van der Waals surface area (Å²) in [7, 11) is 0. The molecule has 0 aliphatic carbocycles. The molecule has 1 aliphatic heterocycles. The number of ether oxygens (including phenoxy) is 2. The number of nitrogens with zero attached hydrogens (tertiary/aromatic N) is 2. The number of aromatic nitrogens is 2. The summed E-state index contributed by atoms with van der Waals surface area (Å²) in [5, 5.41) is 0. The van der Waals surface area contributed by atoms with Crippen molar-refractivity contribution in [1.82, 2.24) is 9.55 Å². The number of imidazole rings is 1. The normalized spacial score (nSPS) is 17.9. The molecule has 0 aromatic carbocycles. The molecule has 2 rings (SSSR count). The minimum absolute atomic E-state index is 0.0120. The standard InChI is InChI=1S/C13H27.C10H15N2O2.Sn/c1-4-7-10-13(11-8-5-2)12-9-6-3;1-2-7-13-10(3-1)14-8-6-12-5-4-11-9-12;/h4-12H2,1-3H3;5,9-10H,1-3,6-8H2;. The van der Waals surface area contributed by atoms with Crippen molar-refractivity contribution in [2.45, 2.75) is 114 Å². The first-order valence-electron chi connectivity index (χ1n) is 11.7. The van der Waals surface area contributed by atoms with E-state index in [9.17, 15) is 0 Å². The van der Waals surface area contributed by atoms with E-state index in [0.717, 1.165) is 26.2 Å². The topological polar surface area (TPSA) is 36.3 Å². The quantitative estimate of drug-likeness (QED) is 0.301. The van der Waals surface area contributed by atoms with Gasteiger partial charge >= 0.3 is 184 Å². The molecule has 1 atom stereocenters. The van der Waals surface area contributed by atoms with Gasteiger partial charge in [0.2, 0.25) is 0 Å². The van der Waals surface area contributed by atoms with Gasteiger partial charge in [-0.05, 0) is 0 Å². The van der Waals surface area contributed by atoms with Crippen LogP contribution in [0.15, 0.2) is 12.5 Å². The number of hydrogen-bond donors (Lipinski definition) is 0. The molecule has 0 N–H and O–H groups in total. The van der Waals surface area contributed by atoms with Gasteiger partial charge in [0.05, 0.1) is 0 Å². The van der Waals surface area contributed by atoms with Crippen LogP contribution in [0.3, 0.4) is 0 Å². The van der Waals surface area contributed by atoms with Crippen molar-refractivity contribution in [1.29, 1.82) is 0 Å². The summed E-state index contributed by atoms with van der Waals surface area (Å²) < 4.78 is 15.8. The summed E-state index contributed by atoms with van der Waals surface area (Å²) in [6.07, 6.45) is 20.2. The molecule has 5 heteroatoms. The zero-order chi connectivity index (χ0) is 20.1. The minimum atomic E-state index is -0.724. The summed E-state index contributed by atoms with van der Waals surface area (Å²) in [4.78, 5) is 4.84. The molecule has 160 valence electrons. The van der Waals surface area contributed by atoms with Gasteiger partial charge in [-0.3, -0.25) is 0 Å². The molecule has 2 radical (unpaired) electrons. The molecular formula is C23H42N2O2Sn. The second kappa shape index (κ2) is 14.0. The Hall–Kier alpha value is -0.0713. The van der Waals surface area contributed by atoms with Crippen molar-refractivity contribution in [3.8, 4) is 0 Å². The van der Waals surface area contributed by atoms with Crippen molar-refractivity contribution in [2.24, 2.45) is 0 Å². The number of rotatable bonds is 15. The fourth-order valence-corrected chi connectivity index (χ4v) is 9.20. The molecule has 1 saturated heterocycles. The van der Waals surface area contributed by atoms with Crippen molar-refractivity contribution >= 4 is 24.9 Å². The van der Waals surface area contributed by atoms with Crippen LogP contribution in [0.25, 0.3) is 0 Å². The van der Waals surface area contributed by atoms with Gasteiger partial charge in [-0.1, -0.05) is 0 Å². The molecule has 1 fully saturated rings. The predicted octanol–water partition coefficient (Wildman–Crippen LogP) is 5.49. The average molecular weight is 497 g/mol. The predicted molar refractivity (Wildman–Crippen MR) is 118 cm³/mol. The maximum atomic E-state index is 5.90. The summed E-state index contributed by atoms with van der Waals surface area (Å²) in [6.45, 7) is 9.46. The third-order valence-corrected chi connectivity index (χ3v) is 11.0. The number of unbranched alkanes of at least 4 members (excludes halogenated alkanes) is 3. The summed E-state index contributed by atoms with van der Waals surface area (Å²) in [5.74, 6) is 0. The van der Waals surface area contributed by atoms with Crippen molar-refractivity contribution in [3.63, 3.8) is 0 Å². The van der Waals surface area contributed by atoms with Gasteiger partial charge in [0.15, 0.2) is 0 Å². The van der Waals surface area contributed by atoms with Crippen LogP contribution in [-0.2, 0) is 16.0 Å². The van der Waals surface area contributed by atoms with Crippen LogP contribution in [0.2, 0.25) is 3.43 Å². The van der Waals surface area contributed by atoms with Crippen LogP contribution < -0.4 is 3.71 Å². The van der Waals surface area contributed by atoms with Crippen LogP contribution in [0.4, 0.5) is 0 Å². The Labute approximate surface area is 183 Å². The Bertz CT molecular complexity index is 493. The molecule has 1 unspecified atom stereocenters. The van der Waals surface area contributed by atoms with E-state index in [1.165, 1.54) is 74.3 Å². The SMILES string of the molecule is CCCC[C](CCCC)(CCCC)[Sn][c]1cn(CCOC2CCCCO2)cn1. The van der Waals surface area contributed by atoms with Crippen LogP contribution in [0, 0.1) is 0 Å². The van der Waals surface area contributed by atoms with Gasteiger partial charge in [-0.25, -0.2) is 0 Å². The van der Waals surface area contributed by atoms with Crippen LogP contribution in [0.5, 0.6) is 0 Å². The summed E-state index contributed by atoms with van der Waals surface area (Å²) in [6, 6.07) is 0. The van der Waals surface area contributed by atoms with Crippen LogP contribution in [0.1, 0.15) is 97.8 Å². The first-order valence-corrected chi connectivity index (χ1v) is 14.6. The fraction of sp³-hybridized carbons (Fsp3) is 0.870. The van der Waals surface area contributed by atoms with E-state index in [-0.39, 0.29) is 6.29 Å². The molecule has 1 aromatic rings. The Kier molecular flexibility index (Phi) is 12.1. The van der Waals surface area contributed by atoms with E-state index in [0.29, 0.717) is 3.43 Å². The fourth-order valence-electron chi connectivity index (χ4n) is 4.06. The molecule has 1 aliphatic rings. The monoisotopic (exact) mass is 498 g/mol. The van der Waals surface area contributed by atoms with Crippen molar-refractivity contribution in [3.05, 3.63) is 12.5 Å². The summed E-state index contributed by atoms with van der Waals surface area (Å²) >= 11 is -0.724. The van der Waals surface area contributed by atoms with Crippen LogP contribution in [-0.4, -0.2) is 50.2 Å². The third-order valence-electron chi connectivity index (χ3n) is 5.84. The molecule has 1 aromatic heterocycles. The van der Waals surface area contributed by atoms with E-state index in [2.05, 4.69) is 31.5 Å². The first kappa shape index (κ1) is 24.2. The Morgan fingerprint density at radius 3 is 2.36 bits per heavy atom. The Balaban J connectivity index is 1.90. The summed E-state index contributed by atoms with van der Waals surface area (Å²) in [5.41, 5.74) is 0. The van der Waals surface area contributed by atoms with Gasteiger partial charge in [-0.15, -0.1) is 0 Å². The van der Waals surface area contributed by atoms with Gasteiger partial charge < -0.3 is 0 Å². The second-order valence-electron chi connectivity index (χ2n) is 8.38. The van der Waals surface area contributed by atoms with E-state index in [4.69, 9.17) is 14.5 Å². The van der Waals surface area contributed by atoms with E-state index < -0.39 is 21.1 Å². The van der Waals surface area contributed by atoms with Gasteiger partial charge in [0.25, 0.3) is 0 Å².